The number of rotatable bonds is 2. The number of halogens is 6. The van der Waals surface area contributed by atoms with Gasteiger partial charge in [-0.05, 0) is 0 Å². The Morgan fingerprint density at radius 2 is 0.833 bits per heavy atom. The van der Waals surface area contributed by atoms with Gasteiger partial charge in [-0.1, -0.05) is 0 Å². The second-order valence-corrected chi connectivity index (χ2v) is 12.0. The van der Waals surface area contributed by atoms with Gasteiger partial charge in [0, 0.05) is 18.9 Å². The second-order valence-electron chi connectivity index (χ2n) is 2.25. The molecule has 0 atom stereocenters. The number of nitrogens with one attached hydrogen (secondary N) is 1. The molecule has 18 heavy (non-hydrogen) atoms. The zero-order chi connectivity index (χ0) is 14.5. The molecule has 0 aliphatic carbocycles. The van der Waals surface area contributed by atoms with Crippen LogP contribution in [0.25, 0.3) is 0 Å². The average molecular weight is 336 g/mol. The molecular formula is C2HF6LiNO5S3. The fourth-order valence-corrected chi connectivity index (χ4v) is 6.81. The molecule has 0 fully saturated rings. The molecule has 0 aliphatic heterocycles. The van der Waals surface area contributed by atoms with Gasteiger partial charge in [0.2, 0.25) is 0 Å². The van der Waals surface area contributed by atoms with Crippen molar-refractivity contribution in [3.8, 4) is 0 Å². The SMILES string of the molecule is N=S(=O)(S(=O)(=O)C(F)(F)F)S(=O)(=O)C(F)(F)F.[Li]. The molecule has 16 heteroatoms. The first-order chi connectivity index (χ1) is 7.00. The van der Waals surface area contributed by atoms with Gasteiger partial charge in [0.1, 0.15) is 0 Å². The van der Waals surface area contributed by atoms with Crippen LogP contribution in [0.15, 0.2) is 0 Å². The molecule has 0 aromatic carbocycles. The summed E-state index contributed by atoms with van der Waals surface area (Å²) in [6, 6.07) is 0. The molecule has 1 radical (unpaired) electrons. The Hall–Kier alpha value is 0.0274. The molecule has 0 saturated heterocycles. The third kappa shape index (κ3) is 2.79. The summed E-state index contributed by atoms with van der Waals surface area (Å²) in [5.74, 6) is 0. The minimum absolute atomic E-state index is 0. The van der Waals surface area contributed by atoms with E-state index in [0.717, 1.165) is 0 Å². The van der Waals surface area contributed by atoms with Crippen LogP contribution in [-0.2, 0) is 25.5 Å². The zero-order valence-electron chi connectivity index (χ0n) is 8.03. The monoisotopic (exact) mass is 336 g/mol. The molecule has 0 aromatic rings. The molecule has 1 N–H and O–H groups in total. The molecular weight excluding hydrogens is 335 g/mol. The second kappa shape index (κ2) is 4.85. The molecule has 0 heterocycles. The third-order valence-electron chi connectivity index (χ3n) is 1.14. The molecule has 0 bridgehead atoms. The van der Waals surface area contributed by atoms with Gasteiger partial charge in [-0.25, -0.2) is 25.8 Å². The Balaban J connectivity index is 0. The Morgan fingerprint density at radius 1 is 0.667 bits per heavy atom. The van der Waals surface area contributed by atoms with E-state index in [1.165, 1.54) is 0 Å². The van der Waals surface area contributed by atoms with Gasteiger partial charge < -0.3 is 0 Å². The Labute approximate surface area is 108 Å². The van der Waals surface area contributed by atoms with Crippen LogP contribution in [0.1, 0.15) is 0 Å². The maximum Gasteiger partial charge on any atom is 0.511 e. The van der Waals surface area contributed by atoms with E-state index < -0.39 is 36.5 Å². The summed E-state index contributed by atoms with van der Waals surface area (Å²) < 4.78 is 128. The molecule has 0 aromatic heterocycles. The smallest absolute Gasteiger partial charge is 0.227 e. The Morgan fingerprint density at radius 3 is 0.944 bits per heavy atom. The Bertz CT molecular complexity index is 559. The van der Waals surface area contributed by atoms with Crippen LogP contribution in [0.3, 0.4) is 0 Å². The van der Waals surface area contributed by atoms with E-state index in [0.29, 0.717) is 0 Å². The van der Waals surface area contributed by atoms with Crippen molar-refractivity contribution in [2.75, 3.05) is 0 Å². The first kappa shape index (κ1) is 20.3. The fraction of sp³-hybridized carbons (Fsp3) is 1.00. The van der Waals surface area contributed by atoms with E-state index >= 15 is 0 Å². The van der Waals surface area contributed by atoms with E-state index in [1.807, 2.05) is 0 Å². The number of alkyl halides is 6. The van der Waals surface area contributed by atoms with Crippen LogP contribution >= 0.6 is 0 Å². The van der Waals surface area contributed by atoms with Crippen molar-refractivity contribution in [2.24, 2.45) is 0 Å². The minimum Gasteiger partial charge on any atom is -0.227 e. The van der Waals surface area contributed by atoms with E-state index in [2.05, 4.69) is 0 Å². The quantitative estimate of drug-likeness (QED) is 0.445. The fourth-order valence-electron chi connectivity index (χ4n) is 0.367. The largest absolute Gasteiger partial charge is 0.511 e. The van der Waals surface area contributed by atoms with Gasteiger partial charge in [0.25, 0.3) is 7.79 Å². The summed E-state index contributed by atoms with van der Waals surface area (Å²) in [6.45, 7) is 0. The number of hydrogen-bond donors (Lipinski definition) is 1. The van der Waals surface area contributed by atoms with Gasteiger partial charge in [0.05, 0.1) is 0 Å². The van der Waals surface area contributed by atoms with Gasteiger partial charge in [0.15, 0.2) is 0 Å². The van der Waals surface area contributed by atoms with Gasteiger partial charge in [-0.15, -0.1) is 0 Å². The van der Waals surface area contributed by atoms with E-state index in [9.17, 15) is 47.4 Å². The predicted molar refractivity (Wildman–Crippen MR) is 46.6 cm³/mol. The third-order valence-corrected chi connectivity index (χ3v) is 11.3. The maximum absolute atomic E-state index is 11.7. The summed E-state index contributed by atoms with van der Waals surface area (Å²) in [5.41, 5.74) is -13.1. The van der Waals surface area contributed by atoms with Crippen molar-refractivity contribution in [1.82, 2.24) is 0 Å². The van der Waals surface area contributed by atoms with Gasteiger partial charge >= 0.3 is 28.8 Å². The van der Waals surface area contributed by atoms with E-state index in [-0.39, 0.29) is 18.9 Å². The van der Waals surface area contributed by atoms with Crippen LogP contribution in [0.2, 0.25) is 0 Å². The van der Waals surface area contributed by atoms with Crippen molar-refractivity contribution >= 4 is 44.4 Å². The summed E-state index contributed by atoms with van der Waals surface area (Å²) in [5, 5.41) is 0. The van der Waals surface area contributed by atoms with Crippen LogP contribution < -0.4 is 0 Å². The average Bonchev–Trinajstić information content (AvgIpc) is 1.98. The van der Waals surface area contributed by atoms with Crippen molar-refractivity contribution in [3.05, 3.63) is 0 Å². The molecule has 0 unspecified atom stereocenters. The maximum atomic E-state index is 11.7. The number of hydrogen-bond acceptors (Lipinski definition) is 6. The molecule has 0 rings (SSSR count). The molecule has 0 spiro atoms. The summed E-state index contributed by atoms with van der Waals surface area (Å²) in [4.78, 5) is 0. The summed E-state index contributed by atoms with van der Waals surface area (Å²) in [6.07, 6.45) is 0. The van der Waals surface area contributed by atoms with Crippen LogP contribution in [0, 0.1) is 4.78 Å². The first-order valence-electron chi connectivity index (χ1n) is 2.91. The summed E-state index contributed by atoms with van der Waals surface area (Å²) in [7, 11) is -21.7. The van der Waals surface area contributed by atoms with Crippen LogP contribution in [0.5, 0.6) is 0 Å². The Kier molecular flexibility index (Phi) is 5.48. The topological polar surface area (TPSA) is 109 Å². The van der Waals surface area contributed by atoms with Gasteiger partial charge in [-0.3, -0.25) is 0 Å². The van der Waals surface area contributed by atoms with Crippen molar-refractivity contribution in [1.29, 1.82) is 4.78 Å². The van der Waals surface area contributed by atoms with Crippen LogP contribution in [0.4, 0.5) is 26.3 Å². The first-order valence-corrected chi connectivity index (χ1v) is 8.47. The van der Waals surface area contributed by atoms with E-state index in [1.54, 1.807) is 0 Å². The normalized spacial score (nSPS) is 15.0. The standard InChI is InChI=1S/C2HF6NO5S3.Li/c3-1(4,5)15(10,11)17(9,14)16(12,13)2(6,7)8;/h9H;. The van der Waals surface area contributed by atoms with Crippen molar-refractivity contribution < 1.29 is 47.4 Å². The van der Waals surface area contributed by atoms with E-state index in [4.69, 9.17) is 4.78 Å². The van der Waals surface area contributed by atoms with Gasteiger partial charge in [-0.2, -0.15) is 26.3 Å². The minimum atomic E-state index is -7.33. The molecule has 6 nitrogen and oxygen atoms in total. The molecule has 105 valence electrons. The molecule has 0 aliphatic rings. The van der Waals surface area contributed by atoms with Crippen molar-refractivity contribution in [2.45, 2.75) is 11.0 Å². The summed E-state index contributed by atoms with van der Waals surface area (Å²) >= 11 is 0. The molecule has 0 amide bonds. The van der Waals surface area contributed by atoms with Crippen LogP contribution in [-0.4, -0.2) is 50.9 Å². The predicted octanol–water partition coefficient (Wildman–Crippen LogP) is 0.352. The zero-order valence-corrected chi connectivity index (χ0v) is 10.5. The van der Waals surface area contributed by atoms with Crippen molar-refractivity contribution in [3.63, 3.8) is 0 Å². The molecule has 0 saturated carbocycles.